The number of rotatable bonds is 4. The summed E-state index contributed by atoms with van der Waals surface area (Å²) in [6.07, 6.45) is 2.73. The fourth-order valence-corrected chi connectivity index (χ4v) is 1.82. The van der Waals surface area contributed by atoms with Crippen molar-refractivity contribution < 1.29 is 4.74 Å². The molecule has 2 rings (SSSR count). The van der Waals surface area contributed by atoms with Gasteiger partial charge in [0.1, 0.15) is 5.69 Å². The van der Waals surface area contributed by atoms with E-state index in [1.54, 1.807) is 6.08 Å². The van der Waals surface area contributed by atoms with Crippen LogP contribution in [-0.4, -0.2) is 34.8 Å². The molecule has 1 aliphatic rings. The van der Waals surface area contributed by atoms with Crippen molar-refractivity contribution in [3.63, 3.8) is 0 Å². The standard InChI is InChI=1S/C10H16N4O/c1-3-6-15-7-8-10-9(4-5-11-8)14(2)13-12-10/h3,8,11H,1,4-7H2,2H3/t8-/m0/s1. The predicted octanol–water partition coefficient (Wildman–Crippen LogP) is 0.204. The fraction of sp³-hybridized carbons (Fsp3) is 0.600. The third-order valence-electron chi connectivity index (χ3n) is 2.58. The zero-order valence-electron chi connectivity index (χ0n) is 8.94. The summed E-state index contributed by atoms with van der Waals surface area (Å²) in [6, 6.07) is 0.169. The number of aromatic nitrogens is 3. The molecule has 1 aromatic heterocycles. The molecule has 0 fully saturated rings. The highest BCUT2D eigenvalue weighted by atomic mass is 16.5. The van der Waals surface area contributed by atoms with Gasteiger partial charge in [-0.1, -0.05) is 11.3 Å². The molecule has 2 heterocycles. The van der Waals surface area contributed by atoms with Crippen molar-refractivity contribution in [1.82, 2.24) is 20.3 Å². The molecule has 5 nitrogen and oxygen atoms in total. The molecular formula is C10H16N4O. The van der Waals surface area contributed by atoms with Crippen molar-refractivity contribution in [2.24, 2.45) is 7.05 Å². The Balaban J connectivity index is 2.05. The van der Waals surface area contributed by atoms with Crippen LogP contribution >= 0.6 is 0 Å². The van der Waals surface area contributed by atoms with Gasteiger partial charge in [-0.05, 0) is 0 Å². The van der Waals surface area contributed by atoms with Gasteiger partial charge < -0.3 is 10.1 Å². The first-order valence-electron chi connectivity index (χ1n) is 5.13. The summed E-state index contributed by atoms with van der Waals surface area (Å²) in [7, 11) is 1.93. The van der Waals surface area contributed by atoms with Crippen molar-refractivity contribution in [3.05, 3.63) is 24.0 Å². The van der Waals surface area contributed by atoms with E-state index in [2.05, 4.69) is 22.2 Å². The molecule has 5 heteroatoms. The Labute approximate surface area is 89.1 Å². The Morgan fingerprint density at radius 1 is 1.73 bits per heavy atom. The molecule has 0 saturated carbocycles. The molecule has 0 bridgehead atoms. The quantitative estimate of drug-likeness (QED) is 0.567. The van der Waals surface area contributed by atoms with Crippen molar-refractivity contribution in [2.45, 2.75) is 12.5 Å². The van der Waals surface area contributed by atoms with E-state index < -0.39 is 0 Å². The summed E-state index contributed by atoms with van der Waals surface area (Å²) in [5.41, 5.74) is 2.23. The van der Waals surface area contributed by atoms with Crippen molar-refractivity contribution in [2.75, 3.05) is 19.8 Å². The molecule has 0 amide bonds. The van der Waals surface area contributed by atoms with E-state index in [1.165, 1.54) is 5.69 Å². The van der Waals surface area contributed by atoms with Gasteiger partial charge in [0.2, 0.25) is 0 Å². The van der Waals surface area contributed by atoms with Gasteiger partial charge in [0, 0.05) is 20.0 Å². The molecule has 0 saturated heterocycles. The summed E-state index contributed by atoms with van der Waals surface area (Å²) in [6.45, 7) is 5.77. The summed E-state index contributed by atoms with van der Waals surface area (Å²) in [4.78, 5) is 0. The van der Waals surface area contributed by atoms with Gasteiger partial charge in [0.25, 0.3) is 0 Å². The molecule has 1 N–H and O–H groups in total. The third-order valence-corrected chi connectivity index (χ3v) is 2.58. The maximum atomic E-state index is 5.43. The van der Waals surface area contributed by atoms with Gasteiger partial charge >= 0.3 is 0 Å². The number of hydrogen-bond donors (Lipinski definition) is 1. The van der Waals surface area contributed by atoms with Crippen molar-refractivity contribution in [1.29, 1.82) is 0 Å². The maximum absolute atomic E-state index is 5.43. The number of aryl methyl sites for hydroxylation is 1. The van der Waals surface area contributed by atoms with E-state index in [4.69, 9.17) is 4.74 Å². The molecular weight excluding hydrogens is 192 g/mol. The monoisotopic (exact) mass is 208 g/mol. The highest BCUT2D eigenvalue weighted by molar-refractivity contribution is 5.18. The van der Waals surface area contributed by atoms with Crippen LogP contribution in [0.4, 0.5) is 0 Å². The van der Waals surface area contributed by atoms with Crippen LogP contribution in [0.3, 0.4) is 0 Å². The fourth-order valence-electron chi connectivity index (χ4n) is 1.82. The SMILES string of the molecule is C=CCOC[C@@H]1NCCc2c1nnn2C. The average Bonchev–Trinajstić information content (AvgIpc) is 2.62. The first-order valence-corrected chi connectivity index (χ1v) is 5.13. The van der Waals surface area contributed by atoms with Crippen LogP contribution < -0.4 is 5.32 Å². The molecule has 1 aliphatic heterocycles. The molecule has 0 aromatic carbocycles. The maximum Gasteiger partial charge on any atom is 0.105 e. The predicted molar refractivity (Wildman–Crippen MR) is 56.5 cm³/mol. The second-order valence-corrected chi connectivity index (χ2v) is 3.63. The smallest absolute Gasteiger partial charge is 0.105 e. The number of fused-ring (bicyclic) bond motifs is 1. The first kappa shape index (κ1) is 10.3. The molecule has 1 aromatic rings. The van der Waals surface area contributed by atoms with Gasteiger partial charge in [0.05, 0.1) is 24.9 Å². The number of nitrogens with one attached hydrogen (secondary N) is 1. The van der Waals surface area contributed by atoms with Gasteiger partial charge in [-0.3, -0.25) is 4.68 Å². The first-order chi connectivity index (χ1) is 7.33. The van der Waals surface area contributed by atoms with Crippen molar-refractivity contribution >= 4 is 0 Å². The van der Waals surface area contributed by atoms with E-state index >= 15 is 0 Å². The molecule has 0 radical (unpaired) electrons. The number of nitrogens with zero attached hydrogens (tertiary/aromatic N) is 3. The summed E-state index contributed by atoms with van der Waals surface area (Å²) < 4.78 is 7.27. The minimum Gasteiger partial charge on any atom is -0.375 e. The van der Waals surface area contributed by atoms with E-state index in [1.807, 2.05) is 11.7 Å². The summed E-state index contributed by atoms with van der Waals surface area (Å²) in [5, 5.41) is 11.6. The largest absolute Gasteiger partial charge is 0.375 e. The van der Waals surface area contributed by atoms with Crippen LogP contribution in [0.1, 0.15) is 17.4 Å². The Morgan fingerprint density at radius 3 is 3.40 bits per heavy atom. The second kappa shape index (κ2) is 4.55. The van der Waals surface area contributed by atoms with E-state index in [-0.39, 0.29) is 6.04 Å². The van der Waals surface area contributed by atoms with Crippen LogP contribution in [0.15, 0.2) is 12.7 Å². The Morgan fingerprint density at radius 2 is 2.60 bits per heavy atom. The lowest BCUT2D eigenvalue weighted by Gasteiger charge is -2.22. The van der Waals surface area contributed by atoms with Gasteiger partial charge in [0.15, 0.2) is 0 Å². The Bertz CT molecular complexity index is 347. The highest BCUT2D eigenvalue weighted by Gasteiger charge is 2.24. The highest BCUT2D eigenvalue weighted by Crippen LogP contribution is 2.19. The molecule has 0 aliphatic carbocycles. The Kier molecular flexibility index (Phi) is 3.13. The van der Waals surface area contributed by atoms with E-state index in [9.17, 15) is 0 Å². The van der Waals surface area contributed by atoms with Crippen molar-refractivity contribution in [3.8, 4) is 0 Å². The van der Waals surface area contributed by atoms with E-state index in [0.717, 1.165) is 18.7 Å². The van der Waals surface area contributed by atoms with E-state index in [0.29, 0.717) is 13.2 Å². The minimum absolute atomic E-state index is 0.169. The van der Waals surface area contributed by atoms with Crippen LogP contribution in [0.5, 0.6) is 0 Å². The van der Waals surface area contributed by atoms with Gasteiger partial charge in [-0.15, -0.1) is 11.7 Å². The molecule has 0 unspecified atom stereocenters. The summed E-state index contributed by atoms with van der Waals surface area (Å²) in [5.74, 6) is 0. The normalized spacial score (nSPS) is 19.9. The third kappa shape index (κ3) is 2.08. The van der Waals surface area contributed by atoms with Crippen LogP contribution in [0.2, 0.25) is 0 Å². The summed E-state index contributed by atoms with van der Waals surface area (Å²) >= 11 is 0. The lowest BCUT2D eigenvalue weighted by Crippen LogP contribution is -2.33. The van der Waals surface area contributed by atoms with Crippen LogP contribution in [0, 0.1) is 0 Å². The molecule has 15 heavy (non-hydrogen) atoms. The van der Waals surface area contributed by atoms with Crippen LogP contribution in [-0.2, 0) is 18.2 Å². The zero-order valence-corrected chi connectivity index (χ0v) is 8.94. The lowest BCUT2D eigenvalue weighted by molar-refractivity contribution is 0.132. The minimum atomic E-state index is 0.169. The van der Waals surface area contributed by atoms with Gasteiger partial charge in [-0.25, -0.2) is 0 Å². The molecule has 1 atom stereocenters. The second-order valence-electron chi connectivity index (χ2n) is 3.63. The van der Waals surface area contributed by atoms with Crippen LogP contribution in [0.25, 0.3) is 0 Å². The Hall–Kier alpha value is -1.20. The number of ether oxygens (including phenoxy) is 1. The number of hydrogen-bond acceptors (Lipinski definition) is 4. The lowest BCUT2D eigenvalue weighted by atomic mass is 10.1. The zero-order chi connectivity index (χ0) is 10.7. The average molecular weight is 208 g/mol. The molecule has 0 spiro atoms. The topological polar surface area (TPSA) is 52.0 Å². The van der Waals surface area contributed by atoms with Gasteiger partial charge in [-0.2, -0.15) is 0 Å². The molecule has 82 valence electrons.